The number of methoxy groups -OCH3 is 1. The van der Waals surface area contributed by atoms with E-state index < -0.39 is 24.3 Å². The highest BCUT2D eigenvalue weighted by Gasteiger charge is 2.46. The summed E-state index contributed by atoms with van der Waals surface area (Å²) in [5, 5.41) is 18.6. The van der Waals surface area contributed by atoms with Crippen LogP contribution in [0.4, 0.5) is 26.3 Å². The predicted molar refractivity (Wildman–Crippen MR) is 137 cm³/mol. The number of ether oxygens (including phenoxy) is 1. The number of halogens is 6. The van der Waals surface area contributed by atoms with E-state index in [4.69, 9.17) is 24.5 Å². The minimum Gasteiger partial charge on any atom is -0.475 e. The molecule has 0 bridgehead atoms. The Hall–Kier alpha value is -3.73. The van der Waals surface area contributed by atoms with Crippen LogP contribution in [0, 0.1) is 5.41 Å². The molecule has 1 atom stereocenters. The number of carboxylic acids is 2. The molecule has 0 aromatic carbocycles. The van der Waals surface area contributed by atoms with Gasteiger partial charge < -0.3 is 19.8 Å². The Morgan fingerprint density at radius 1 is 1.05 bits per heavy atom. The molecule has 17 heteroatoms. The summed E-state index contributed by atoms with van der Waals surface area (Å²) in [6.45, 7) is 4.41. The normalized spacial score (nSPS) is 18.3. The van der Waals surface area contributed by atoms with Gasteiger partial charge in [0.05, 0.1) is 18.7 Å². The molecule has 2 fully saturated rings. The average Bonchev–Trinajstić information content (AvgIpc) is 3.47. The molecule has 2 saturated heterocycles. The lowest BCUT2D eigenvalue weighted by atomic mass is 9.76. The van der Waals surface area contributed by atoms with Crippen molar-refractivity contribution in [1.29, 1.82) is 0 Å². The zero-order valence-electron chi connectivity index (χ0n) is 23.4. The van der Waals surface area contributed by atoms with E-state index in [9.17, 15) is 31.1 Å². The van der Waals surface area contributed by atoms with E-state index in [-0.39, 0.29) is 11.3 Å². The molecule has 2 aliphatic rings. The maximum atomic E-state index is 12.7. The van der Waals surface area contributed by atoms with Crippen molar-refractivity contribution in [3.8, 4) is 0 Å². The van der Waals surface area contributed by atoms with Crippen LogP contribution in [0.3, 0.4) is 0 Å². The van der Waals surface area contributed by atoms with Crippen LogP contribution in [0.15, 0.2) is 36.8 Å². The van der Waals surface area contributed by atoms with Gasteiger partial charge >= 0.3 is 24.3 Å². The summed E-state index contributed by atoms with van der Waals surface area (Å²) in [5.41, 5.74) is 2.38. The van der Waals surface area contributed by atoms with Crippen molar-refractivity contribution < 1.29 is 55.7 Å². The number of pyridine rings is 1. The number of aliphatic carboxylic acids is 2. The second-order valence-corrected chi connectivity index (χ2v) is 10.2. The summed E-state index contributed by atoms with van der Waals surface area (Å²) in [7, 11) is 3.67. The molecule has 2 aliphatic heterocycles. The Morgan fingerprint density at radius 2 is 1.63 bits per heavy atom. The number of carboxylic acid groups (broad SMARTS) is 2. The largest absolute Gasteiger partial charge is 0.490 e. The smallest absolute Gasteiger partial charge is 0.475 e. The maximum absolute atomic E-state index is 12.7. The van der Waals surface area contributed by atoms with E-state index in [2.05, 4.69) is 21.0 Å². The summed E-state index contributed by atoms with van der Waals surface area (Å²) in [4.78, 5) is 39.3. The van der Waals surface area contributed by atoms with Gasteiger partial charge in [0.25, 0.3) is 0 Å². The minimum absolute atomic E-state index is 0.192. The van der Waals surface area contributed by atoms with Gasteiger partial charge in [-0.15, -0.1) is 0 Å². The number of aromatic nitrogens is 3. The van der Waals surface area contributed by atoms with Crippen molar-refractivity contribution in [2.45, 2.75) is 50.6 Å². The lowest BCUT2D eigenvalue weighted by Gasteiger charge is -2.39. The van der Waals surface area contributed by atoms with Crippen LogP contribution >= 0.6 is 0 Å². The van der Waals surface area contributed by atoms with Crippen molar-refractivity contribution >= 4 is 17.8 Å². The number of hydrogen-bond acceptors (Lipinski definition) is 7. The lowest BCUT2D eigenvalue weighted by molar-refractivity contribution is -0.193. The summed E-state index contributed by atoms with van der Waals surface area (Å²) in [5.74, 6) is -5.32. The third-order valence-electron chi connectivity index (χ3n) is 6.95. The molecule has 240 valence electrons. The monoisotopic (exact) mass is 625 g/mol. The van der Waals surface area contributed by atoms with Gasteiger partial charge in [-0.2, -0.15) is 31.4 Å². The first-order chi connectivity index (χ1) is 20.0. The molecule has 11 nitrogen and oxygen atoms in total. The van der Waals surface area contributed by atoms with Gasteiger partial charge in [-0.3, -0.25) is 19.4 Å². The molecule has 2 aromatic heterocycles. The van der Waals surface area contributed by atoms with Crippen LogP contribution in [-0.4, -0.2) is 104 Å². The summed E-state index contributed by atoms with van der Waals surface area (Å²) in [6.07, 6.45) is -0.849. The predicted octanol–water partition coefficient (Wildman–Crippen LogP) is 3.15. The maximum Gasteiger partial charge on any atom is 0.490 e. The van der Waals surface area contributed by atoms with Gasteiger partial charge in [0.15, 0.2) is 0 Å². The zero-order chi connectivity index (χ0) is 32.4. The van der Waals surface area contributed by atoms with Crippen LogP contribution in [0.1, 0.15) is 30.5 Å². The number of likely N-dealkylation sites (tertiary alicyclic amines) is 2. The molecule has 2 aromatic rings. The highest BCUT2D eigenvalue weighted by Crippen LogP contribution is 2.44. The first-order valence-electron chi connectivity index (χ1n) is 12.9. The van der Waals surface area contributed by atoms with Gasteiger partial charge in [-0.25, -0.2) is 9.59 Å². The van der Waals surface area contributed by atoms with E-state index in [0.29, 0.717) is 12.5 Å². The Labute approximate surface area is 243 Å². The second-order valence-electron chi connectivity index (χ2n) is 10.2. The number of hydrogen-bond donors (Lipinski definition) is 2. The number of alkyl halides is 6. The summed E-state index contributed by atoms with van der Waals surface area (Å²) >= 11 is 0. The number of nitrogens with zero attached hydrogens (tertiary/aromatic N) is 5. The highest BCUT2D eigenvalue weighted by atomic mass is 19.4. The minimum atomic E-state index is -5.08. The SMILES string of the molecule is COCC1CC2(CCN(C(=O)Cc3ccn(C)n3)CC2)CN1Cc1cccnc1.O=C(O)C(F)(F)F.O=C(O)C(F)(F)F. The van der Waals surface area contributed by atoms with Crippen LogP contribution in [-0.2, 0) is 39.1 Å². The van der Waals surface area contributed by atoms with Crippen LogP contribution < -0.4 is 0 Å². The van der Waals surface area contributed by atoms with Gasteiger partial charge in [0.1, 0.15) is 0 Å². The standard InChI is InChI=1S/C22H31N5O2.2C2HF3O2/c1-25-9-5-19(24-25)12-21(28)26-10-6-22(7-11-26)13-20(16-29-2)27(17-22)15-18-4-3-8-23-14-18;2*3-2(4,5)1(6)7/h3-5,8-9,14,20H,6-7,10-13,15-17H2,1-2H3;2*(H,6,7). The average molecular weight is 626 g/mol. The molecule has 43 heavy (non-hydrogen) atoms. The Morgan fingerprint density at radius 3 is 2.07 bits per heavy atom. The molecule has 0 radical (unpaired) electrons. The number of aryl methyl sites for hydroxylation is 1. The Balaban J connectivity index is 0.000000384. The van der Waals surface area contributed by atoms with Gasteiger partial charge in [0.2, 0.25) is 5.91 Å². The highest BCUT2D eigenvalue weighted by molar-refractivity contribution is 5.78. The van der Waals surface area contributed by atoms with Gasteiger partial charge in [-0.05, 0) is 42.4 Å². The molecule has 2 N–H and O–H groups in total. The number of carbonyl (C=O) groups is 3. The van der Waals surface area contributed by atoms with Crippen LogP contribution in [0.2, 0.25) is 0 Å². The van der Waals surface area contributed by atoms with Gasteiger partial charge in [-0.1, -0.05) is 6.07 Å². The fourth-order valence-corrected chi connectivity index (χ4v) is 4.94. The van der Waals surface area contributed by atoms with Crippen LogP contribution in [0.5, 0.6) is 0 Å². The number of rotatable bonds is 6. The van der Waals surface area contributed by atoms with E-state index in [1.54, 1.807) is 11.8 Å². The lowest BCUT2D eigenvalue weighted by Crippen LogP contribution is -2.44. The Bertz CT molecular complexity index is 1180. The molecule has 0 aliphatic carbocycles. The van der Waals surface area contributed by atoms with Crippen molar-refractivity contribution in [2.75, 3.05) is 33.4 Å². The third kappa shape index (κ3) is 11.5. The van der Waals surface area contributed by atoms with Crippen molar-refractivity contribution in [3.63, 3.8) is 0 Å². The summed E-state index contributed by atoms with van der Waals surface area (Å²) in [6, 6.07) is 6.49. The first kappa shape index (κ1) is 35.5. The van der Waals surface area contributed by atoms with Crippen molar-refractivity contribution in [3.05, 3.63) is 48.0 Å². The van der Waals surface area contributed by atoms with E-state index in [0.717, 1.165) is 57.7 Å². The Kier molecular flexibility index (Phi) is 12.5. The third-order valence-corrected chi connectivity index (χ3v) is 6.95. The van der Waals surface area contributed by atoms with E-state index in [1.807, 2.05) is 42.7 Å². The quantitative estimate of drug-likeness (QED) is 0.464. The van der Waals surface area contributed by atoms with Crippen LogP contribution in [0.25, 0.3) is 0 Å². The first-order valence-corrected chi connectivity index (χ1v) is 12.9. The zero-order valence-corrected chi connectivity index (χ0v) is 23.4. The topological polar surface area (TPSA) is 138 Å². The molecule has 1 unspecified atom stereocenters. The molecular formula is C26H33F6N5O6. The fraction of sp³-hybridized carbons (Fsp3) is 0.577. The number of amides is 1. The van der Waals surface area contributed by atoms with E-state index in [1.165, 1.54) is 5.56 Å². The summed E-state index contributed by atoms with van der Waals surface area (Å²) < 4.78 is 70.7. The molecule has 1 amide bonds. The van der Waals surface area contributed by atoms with E-state index >= 15 is 0 Å². The number of carbonyl (C=O) groups excluding carboxylic acids is 1. The molecule has 4 rings (SSSR count). The number of piperidine rings is 1. The molecule has 4 heterocycles. The van der Waals surface area contributed by atoms with Gasteiger partial charge in [0, 0.05) is 65.0 Å². The second kappa shape index (κ2) is 15.1. The van der Waals surface area contributed by atoms with Crippen molar-refractivity contribution in [2.24, 2.45) is 12.5 Å². The fourth-order valence-electron chi connectivity index (χ4n) is 4.94. The molecule has 0 saturated carbocycles. The molecule has 1 spiro atoms. The molecular weight excluding hydrogens is 592 g/mol. The van der Waals surface area contributed by atoms with Crippen molar-refractivity contribution in [1.82, 2.24) is 24.6 Å².